The summed E-state index contributed by atoms with van der Waals surface area (Å²) in [5.41, 5.74) is 0. The van der Waals surface area contributed by atoms with E-state index >= 15 is 0 Å². The molecule has 6 heteroatoms. The molecule has 1 heterocycles. The minimum atomic E-state index is -1.13. The first-order valence-corrected chi connectivity index (χ1v) is 4.96. The van der Waals surface area contributed by atoms with Crippen molar-refractivity contribution in [3.63, 3.8) is 0 Å². The van der Waals surface area contributed by atoms with Gasteiger partial charge >= 0.3 is 12.0 Å². The molecule has 0 spiro atoms. The Morgan fingerprint density at radius 3 is 2.82 bits per heavy atom. The van der Waals surface area contributed by atoms with E-state index in [0.29, 0.717) is 12.3 Å². The first-order chi connectivity index (χ1) is 8.04. The largest absolute Gasteiger partial charge is 0.475 e. The van der Waals surface area contributed by atoms with Crippen molar-refractivity contribution in [3.8, 4) is 0 Å². The lowest BCUT2D eigenvalue weighted by Crippen LogP contribution is -2.36. The van der Waals surface area contributed by atoms with Gasteiger partial charge in [-0.05, 0) is 12.1 Å². The number of aromatic carboxylic acids is 1. The SMILES string of the molecule is C=CCN(C)C(=O)NCc1ccc(C(=O)O)o1. The fourth-order valence-electron chi connectivity index (χ4n) is 1.16. The number of hydrogen-bond acceptors (Lipinski definition) is 3. The predicted molar refractivity (Wildman–Crippen MR) is 60.7 cm³/mol. The molecule has 1 aromatic heterocycles. The number of nitrogens with zero attached hydrogens (tertiary/aromatic N) is 1. The highest BCUT2D eigenvalue weighted by molar-refractivity contribution is 5.84. The first-order valence-electron chi connectivity index (χ1n) is 4.96. The number of rotatable bonds is 5. The molecule has 17 heavy (non-hydrogen) atoms. The Morgan fingerprint density at radius 1 is 1.59 bits per heavy atom. The van der Waals surface area contributed by atoms with Gasteiger partial charge in [-0.25, -0.2) is 9.59 Å². The molecule has 6 nitrogen and oxygen atoms in total. The van der Waals surface area contributed by atoms with Crippen LogP contribution in [0.3, 0.4) is 0 Å². The monoisotopic (exact) mass is 238 g/mol. The van der Waals surface area contributed by atoms with Crippen LogP contribution < -0.4 is 5.32 Å². The second kappa shape index (κ2) is 5.74. The van der Waals surface area contributed by atoms with Crippen LogP contribution in [0.1, 0.15) is 16.3 Å². The Kier molecular flexibility index (Phi) is 4.33. The number of hydrogen-bond donors (Lipinski definition) is 2. The van der Waals surface area contributed by atoms with Crippen molar-refractivity contribution in [2.45, 2.75) is 6.54 Å². The van der Waals surface area contributed by atoms with E-state index in [1.165, 1.54) is 17.0 Å². The second-order valence-corrected chi connectivity index (χ2v) is 3.40. The second-order valence-electron chi connectivity index (χ2n) is 3.40. The molecule has 0 unspecified atom stereocenters. The van der Waals surface area contributed by atoms with Crippen LogP contribution >= 0.6 is 0 Å². The summed E-state index contributed by atoms with van der Waals surface area (Å²) in [6.45, 7) is 4.10. The van der Waals surface area contributed by atoms with Gasteiger partial charge in [-0.2, -0.15) is 0 Å². The summed E-state index contributed by atoms with van der Waals surface area (Å²) in [5.74, 6) is -0.886. The Morgan fingerprint density at radius 2 is 2.29 bits per heavy atom. The van der Waals surface area contributed by atoms with E-state index in [9.17, 15) is 9.59 Å². The van der Waals surface area contributed by atoms with Crippen molar-refractivity contribution in [3.05, 3.63) is 36.3 Å². The van der Waals surface area contributed by atoms with Crippen LogP contribution in [0.2, 0.25) is 0 Å². The Hall–Kier alpha value is -2.24. The molecule has 1 aromatic rings. The molecule has 0 atom stereocenters. The Bertz CT molecular complexity index is 425. The normalized spacial score (nSPS) is 9.71. The smallest absolute Gasteiger partial charge is 0.371 e. The third kappa shape index (κ3) is 3.67. The molecule has 0 aliphatic rings. The van der Waals surface area contributed by atoms with Crippen LogP contribution in [-0.2, 0) is 6.54 Å². The standard InChI is InChI=1S/C11H14N2O4/c1-3-6-13(2)11(16)12-7-8-4-5-9(17-8)10(14)15/h3-5H,1,6-7H2,2H3,(H,12,16)(H,14,15). The molecule has 92 valence electrons. The van der Waals surface area contributed by atoms with Crippen molar-refractivity contribution in [1.29, 1.82) is 0 Å². The van der Waals surface area contributed by atoms with E-state index in [1.54, 1.807) is 13.1 Å². The number of carbonyl (C=O) groups excluding carboxylic acids is 1. The van der Waals surface area contributed by atoms with Crippen molar-refractivity contribution >= 4 is 12.0 Å². The zero-order valence-corrected chi connectivity index (χ0v) is 9.47. The van der Waals surface area contributed by atoms with Gasteiger partial charge in [-0.3, -0.25) is 0 Å². The summed E-state index contributed by atoms with van der Waals surface area (Å²) >= 11 is 0. The van der Waals surface area contributed by atoms with Crippen LogP contribution in [0.4, 0.5) is 4.79 Å². The molecule has 0 aliphatic heterocycles. The van der Waals surface area contributed by atoms with E-state index in [4.69, 9.17) is 9.52 Å². The minimum Gasteiger partial charge on any atom is -0.475 e. The molecule has 0 aromatic carbocycles. The van der Waals surface area contributed by atoms with E-state index in [-0.39, 0.29) is 18.3 Å². The quantitative estimate of drug-likeness (QED) is 0.757. The first kappa shape index (κ1) is 12.8. The molecule has 2 amide bonds. The van der Waals surface area contributed by atoms with Crippen molar-refractivity contribution in [2.75, 3.05) is 13.6 Å². The molecule has 0 saturated carbocycles. The third-order valence-electron chi connectivity index (χ3n) is 2.04. The van der Waals surface area contributed by atoms with E-state index in [1.807, 2.05) is 0 Å². The van der Waals surface area contributed by atoms with Crippen LogP contribution in [-0.4, -0.2) is 35.6 Å². The average molecular weight is 238 g/mol. The van der Waals surface area contributed by atoms with Gasteiger partial charge < -0.3 is 19.7 Å². The number of likely N-dealkylation sites (N-methyl/N-ethyl adjacent to an activating group) is 1. The lowest BCUT2D eigenvalue weighted by atomic mass is 10.4. The van der Waals surface area contributed by atoms with Crippen LogP contribution in [0.5, 0.6) is 0 Å². The molecular weight excluding hydrogens is 224 g/mol. The number of nitrogens with one attached hydrogen (secondary N) is 1. The molecule has 0 saturated heterocycles. The van der Waals surface area contributed by atoms with Gasteiger partial charge in [-0.1, -0.05) is 6.08 Å². The highest BCUT2D eigenvalue weighted by Crippen LogP contribution is 2.07. The van der Waals surface area contributed by atoms with Crippen molar-refractivity contribution < 1.29 is 19.1 Å². The van der Waals surface area contributed by atoms with Crippen LogP contribution in [0.15, 0.2) is 29.2 Å². The maximum atomic E-state index is 11.5. The number of amides is 2. The number of carboxylic acid groups (broad SMARTS) is 1. The maximum Gasteiger partial charge on any atom is 0.371 e. The summed E-state index contributed by atoms with van der Waals surface area (Å²) in [7, 11) is 1.63. The third-order valence-corrected chi connectivity index (χ3v) is 2.04. The summed E-state index contributed by atoms with van der Waals surface area (Å²) in [5, 5.41) is 11.2. The van der Waals surface area contributed by atoms with Gasteiger partial charge in [0.15, 0.2) is 0 Å². The number of carboxylic acids is 1. The number of furan rings is 1. The van der Waals surface area contributed by atoms with Gasteiger partial charge in [0.25, 0.3) is 0 Å². The summed E-state index contributed by atoms with van der Waals surface area (Å²) in [6, 6.07) is 2.58. The Labute approximate surface area is 98.5 Å². The fraction of sp³-hybridized carbons (Fsp3) is 0.273. The molecule has 0 radical (unpaired) electrons. The van der Waals surface area contributed by atoms with Crippen LogP contribution in [0.25, 0.3) is 0 Å². The topological polar surface area (TPSA) is 82.8 Å². The predicted octanol–water partition coefficient (Wildman–Crippen LogP) is 1.31. The van der Waals surface area contributed by atoms with Crippen molar-refractivity contribution in [1.82, 2.24) is 10.2 Å². The van der Waals surface area contributed by atoms with Crippen LogP contribution in [0, 0.1) is 0 Å². The van der Waals surface area contributed by atoms with E-state index < -0.39 is 5.97 Å². The molecule has 0 aliphatic carbocycles. The zero-order valence-electron chi connectivity index (χ0n) is 9.47. The number of carbonyl (C=O) groups is 2. The summed E-state index contributed by atoms with van der Waals surface area (Å²) in [4.78, 5) is 23.4. The van der Waals surface area contributed by atoms with E-state index in [0.717, 1.165) is 0 Å². The van der Waals surface area contributed by atoms with Gasteiger partial charge in [0.05, 0.1) is 6.54 Å². The number of urea groups is 1. The zero-order chi connectivity index (χ0) is 12.8. The molecular formula is C11H14N2O4. The molecule has 0 bridgehead atoms. The minimum absolute atomic E-state index is 0.145. The lowest BCUT2D eigenvalue weighted by molar-refractivity contribution is 0.0660. The van der Waals surface area contributed by atoms with Gasteiger partial charge in [0.2, 0.25) is 5.76 Å². The summed E-state index contributed by atoms with van der Waals surface area (Å²) < 4.78 is 4.98. The maximum absolute atomic E-state index is 11.5. The molecule has 0 fully saturated rings. The highest BCUT2D eigenvalue weighted by Gasteiger charge is 2.10. The lowest BCUT2D eigenvalue weighted by Gasteiger charge is -2.14. The van der Waals surface area contributed by atoms with Gasteiger partial charge in [0, 0.05) is 13.6 Å². The van der Waals surface area contributed by atoms with Gasteiger partial charge in [0.1, 0.15) is 5.76 Å². The average Bonchev–Trinajstić information content (AvgIpc) is 2.75. The fourth-order valence-corrected chi connectivity index (χ4v) is 1.16. The van der Waals surface area contributed by atoms with Gasteiger partial charge in [-0.15, -0.1) is 6.58 Å². The highest BCUT2D eigenvalue weighted by atomic mass is 16.4. The van der Waals surface area contributed by atoms with Crippen molar-refractivity contribution in [2.24, 2.45) is 0 Å². The molecule has 2 N–H and O–H groups in total. The summed E-state index contributed by atoms with van der Waals surface area (Å²) in [6.07, 6.45) is 1.61. The Balaban J connectivity index is 2.47. The van der Waals surface area contributed by atoms with E-state index in [2.05, 4.69) is 11.9 Å². The molecule has 1 rings (SSSR count).